The molecule has 0 saturated carbocycles. The number of rotatable bonds is 3. The Morgan fingerprint density at radius 2 is 2.20 bits per heavy atom. The molecule has 2 N–H and O–H groups in total. The molecule has 5 nitrogen and oxygen atoms in total. The summed E-state index contributed by atoms with van der Waals surface area (Å²) in [4.78, 5) is 0.921. The molecule has 1 aliphatic rings. The minimum absolute atomic E-state index is 0.108. The van der Waals surface area contributed by atoms with Crippen LogP contribution < -0.4 is 5.73 Å². The lowest BCUT2D eigenvalue weighted by atomic mass is 10.1. The van der Waals surface area contributed by atoms with Gasteiger partial charge in [-0.05, 0) is 39.3 Å². The maximum Gasteiger partial charge on any atom is 0.252 e. The number of sulfonamides is 1. The molecule has 1 aromatic rings. The van der Waals surface area contributed by atoms with Gasteiger partial charge >= 0.3 is 0 Å². The van der Waals surface area contributed by atoms with Crippen LogP contribution in [0.15, 0.2) is 10.3 Å². The van der Waals surface area contributed by atoms with Gasteiger partial charge in [0.25, 0.3) is 10.0 Å². The van der Waals surface area contributed by atoms with E-state index in [1.165, 1.54) is 15.6 Å². The Morgan fingerprint density at radius 3 is 2.70 bits per heavy atom. The van der Waals surface area contributed by atoms with Gasteiger partial charge in [-0.15, -0.1) is 11.3 Å². The first-order chi connectivity index (χ1) is 9.15. The number of ether oxygens (including phenoxy) is 1. The van der Waals surface area contributed by atoms with E-state index in [-0.39, 0.29) is 6.10 Å². The van der Waals surface area contributed by atoms with Gasteiger partial charge in [-0.1, -0.05) is 0 Å². The number of aryl methyl sites for hydroxylation is 1. The van der Waals surface area contributed by atoms with Crippen LogP contribution in [0.5, 0.6) is 0 Å². The van der Waals surface area contributed by atoms with E-state index in [9.17, 15) is 8.42 Å². The summed E-state index contributed by atoms with van der Waals surface area (Å²) in [5.74, 6) is 0. The van der Waals surface area contributed by atoms with Crippen LogP contribution >= 0.6 is 11.3 Å². The van der Waals surface area contributed by atoms with E-state index in [2.05, 4.69) is 0 Å². The Hall–Kier alpha value is -0.470. The van der Waals surface area contributed by atoms with Crippen LogP contribution in [0.2, 0.25) is 0 Å². The molecule has 1 atom stereocenters. The average Bonchev–Trinajstić information content (AvgIpc) is 2.68. The van der Waals surface area contributed by atoms with Crippen molar-refractivity contribution in [2.75, 3.05) is 13.1 Å². The SMILES string of the molecule is Cc1cc(S(=O)(=O)N2CC(C)OC(C)(C)C2)sc1CN. The molecule has 0 spiro atoms. The van der Waals surface area contributed by atoms with E-state index in [1.807, 2.05) is 27.7 Å². The van der Waals surface area contributed by atoms with Crippen molar-refractivity contribution in [2.24, 2.45) is 5.73 Å². The molecule has 0 aromatic carbocycles. The van der Waals surface area contributed by atoms with Gasteiger partial charge in [0.2, 0.25) is 0 Å². The van der Waals surface area contributed by atoms with Crippen LogP contribution in [0.25, 0.3) is 0 Å². The average molecular weight is 318 g/mol. The summed E-state index contributed by atoms with van der Waals surface area (Å²) in [7, 11) is -3.46. The van der Waals surface area contributed by atoms with Crippen molar-refractivity contribution in [3.05, 3.63) is 16.5 Å². The van der Waals surface area contributed by atoms with Crippen LogP contribution in [0.3, 0.4) is 0 Å². The van der Waals surface area contributed by atoms with E-state index in [0.29, 0.717) is 23.8 Å². The normalized spacial score (nSPS) is 23.9. The lowest BCUT2D eigenvalue weighted by Crippen LogP contribution is -2.53. The summed E-state index contributed by atoms with van der Waals surface area (Å²) in [6.45, 7) is 8.75. The van der Waals surface area contributed by atoms with Crippen molar-refractivity contribution in [3.63, 3.8) is 0 Å². The Labute approximate surface area is 124 Å². The third-order valence-electron chi connectivity index (χ3n) is 3.32. The second kappa shape index (κ2) is 5.38. The second-order valence-electron chi connectivity index (χ2n) is 5.86. The number of nitrogens with zero attached hydrogens (tertiary/aromatic N) is 1. The molecule has 1 aromatic heterocycles. The quantitative estimate of drug-likeness (QED) is 0.921. The molecular weight excluding hydrogens is 296 g/mol. The Bertz CT molecular complexity index is 593. The fraction of sp³-hybridized carbons (Fsp3) is 0.692. The molecule has 0 aliphatic carbocycles. The number of hydrogen-bond acceptors (Lipinski definition) is 5. The summed E-state index contributed by atoms with van der Waals surface area (Å²) < 4.78 is 33.1. The second-order valence-corrected chi connectivity index (χ2v) is 9.16. The van der Waals surface area contributed by atoms with Crippen molar-refractivity contribution in [2.45, 2.75) is 50.2 Å². The maximum absolute atomic E-state index is 12.7. The summed E-state index contributed by atoms with van der Waals surface area (Å²) >= 11 is 1.27. The Balaban J connectivity index is 2.34. The van der Waals surface area contributed by atoms with Gasteiger partial charge < -0.3 is 10.5 Å². The van der Waals surface area contributed by atoms with E-state index >= 15 is 0 Å². The standard InChI is InChI=1S/C13H22N2O3S2/c1-9-5-12(19-11(9)6-14)20(16,17)15-7-10(2)18-13(3,4)8-15/h5,10H,6-8,14H2,1-4H3. The lowest BCUT2D eigenvalue weighted by molar-refractivity contribution is -0.109. The maximum atomic E-state index is 12.7. The van der Waals surface area contributed by atoms with E-state index in [1.54, 1.807) is 6.07 Å². The summed E-state index contributed by atoms with van der Waals surface area (Å²) in [5.41, 5.74) is 6.11. The van der Waals surface area contributed by atoms with Gasteiger partial charge in [0.1, 0.15) is 4.21 Å². The largest absolute Gasteiger partial charge is 0.370 e. The number of hydrogen-bond donors (Lipinski definition) is 1. The van der Waals surface area contributed by atoms with E-state index in [0.717, 1.165) is 10.4 Å². The zero-order valence-corrected chi connectivity index (χ0v) is 14.0. The van der Waals surface area contributed by atoms with Crippen LogP contribution in [0.4, 0.5) is 0 Å². The molecular formula is C13H22N2O3S2. The molecule has 1 unspecified atom stereocenters. The Kier molecular flexibility index (Phi) is 4.28. The topological polar surface area (TPSA) is 72.6 Å². The van der Waals surface area contributed by atoms with E-state index in [4.69, 9.17) is 10.5 Å². The highest BCUT2D eigenvalue weighted by molar-refractivity contribution is 7.91. The molecule has 1 saturated heterocycles. The van der Waals surface area contributed by atoms with Crippen LogP contribution in [0.1, 0.15) is 31.2 Å². The summed E-state index contributed by atoms with van der Waals surface area (Å²) in [5, 5.41) is 0. The zero-order valence-electron chi connectivity index (χ0n) is 12.3. The van der Waals surface area contributed by atoms with Gasteiger partial charge in [-0.25, -0.2) is 8.42 Å². The minimum atomic E-state index is -3.46. The summed E-state index contributed by atoms with van der Waals surface area (Å²) in [6.07, 6.45) is -0.108. The number of thiophene rings is 1. The molecule has 1 fully saturated rings. The third-order valence-corrected chi connectivity index (χ3v) is 6.84. The molecule has 20 heavy (non-hydrogen) atoms. The first kappa shape index (κ1) is 15.9. The highest BCUT2D eigenvalue weighted by Crippen LogP contribution is 2.31. The third kappa shape index (κ3) is 3.07. The van der Waals surface area contributed by atoms with Crippen molar-refractivity contribution >= 4 is 21.4 Å². The molecule has 0 amide bonds. The number of nitrogens with two attached hydrogens (primary N) is 1. The van der Waals surface area contributed by atoms with Crippen molar-refractivity contribution in [1.29, 1.82) is 0 Å². The fourth-order valence-corrected chi connectivity index (χ4v) is 5.81. The van der Waals surface area contributed by atoms with Crippen molar-refractivity contribution in [3.8, 4) is 0 Å². The number of morpholine rings is 1. The molecule has 2 rings (SSSR count). The van der Waals surface area contributed by atoms with Gasteiger partial charge in [0, 0.05) is 24.5 Å². The van der Waals surface area contributed by atoms with Crippen LogP contribution in [-0.4, -0.2) is 37.5 Å². The highest BCUT2D eigenvalue weighted by atomic mass is 32.2. The molecule has 0 radical (unpaired) electrons. The minimum Gasteiger partial charge on any atom is -0.370 e. The first-order valence-electron chi connectivity index (χ1n) is 6.63. The zero-order chi connectivity index (χ0) is 15.1. The predicted octanol–water partition coefficient (Wildman–Crippen LogP) is 1.70. The molecule has 114 valence electrons. The highest BCUT2D eigenvalue weighted by Gasteiger charge is 2.38. The van der Waals surface area contributed by atoms with Crippen LogP contribution in [0, 0.1) is 6.92 Å². The molecule has 7 heteroatoms. The van der Waals surface area contributed by atoms with E-state index < -0.39 is 15.6 Å². The molecule has 0 bridgehead atoms. The van der Waals surface area contributed by atoms with Crippen LogP contribution in [-0.2, 0) is 21.3 Å². The van der Waals surface area contributed by atoms with Gasteiger partial charge in [0.15, 0.2) is 0 Å². The summed E-state index contributed by atoms with van der Waals surface area (Å²) in [6, 6.07) is 1.72. The van der Waals surface area contributed by atoms with Gasteiger partial charge in [0.05, 0.1) is 11.7 Å². The predicted molar refractivity (Wildman–Crippen MR) is 80.3 cm³/mol. The molecule has 2 heterocycles. The van der Waals surface area contributed by atoms with Gasteiger partial charge in [-0.2, -0.15) is 4.31 Å². The smallest absolute Gasteiger partial charge is 0.252 e. The van der Waals surface area contributed by atoms with Crippen molar-refractivity contribution in [1.82, 2.24) is 4.31 Å². The fourth-order valence-electron chi connectivity index (χ4n) is 2.52. The van der Waals surface area contributed by atoms with Gasteiger partial charge in [-0.3, -0.25) is 0 Å². The first-order valence-corrected chi connectivity index (χ1v) is 8.89. The van der Waals surface area contributed by atoms with Crippen molar-refractivity contribution < 1.29 is 13.2 Å². The Morgan fingerprint density at radius 1 is 1.55 bits per heavy atom. The monoisotopic (exact) mass is 318 g/mol. The lowest BCUT2D eigenvalue weighted by Gasteiger charge is -2.40. The molecule has 1 aliphatic heterocycles.